The molecule has 0 bridgehead atoms. The molecular weight excluding hydrogens is 334 g/mol. The molecule has 3 atom stereocenters. The molecule has 0 radical (unpaired) electrons. The Kier molecular flexibility index (Phi) is 4.88. The number of thioether (sulfide) groups is 1. The minimum absolute atomic E-state index is 0.0303. The van der Waals surface area contributed by atoms with Gasteiger partial charge in [-0.1, -0.05) is 30.7 Å². The van der Waals surface area contributed by atoms with Gasteiger partial charge >= 0.3 is 6.03 Å². The van der Waals surface area contributed by atoms with Gasteiger partial charge in [-0.25, -0.2) is 4.79 Å². The summed E-state index contributed by atoms with van der Waals surface area (Å²) in [7, 11) is 0. The highest BCUT2D eigenvalue weighted by molar-refractivity contribution is 8.00. The van der Waals surface area contributed by atoms with E-state index in [1.807, 2.05) is 11.8 Å². The summed E-state index contributed by atoms with van der Waals surface area (Å²) >= 11 is 1.94. The summed E-state index contributed by atoms with van der Waals surface area (Å²) in [4.78, 5) is 23.6. The molecule has 2 saturated heterocycles. The van der Waals surface area contributed by atoms with Crippen LogP contribution in [0.15, 0.2) is 24.3 Å². The molecule has 3 amide bonds. The predicted octanol–water partition coefficient (Wildman–Crippen LogP) is 2.00. The van der Waals surface area contributed by atoms with Gasteiger partial charge in [0, 0.05) is 23.5 Å². The number of rotatable bonds is 6. The maximum absolute atomic E-state index is 12.2. The lowest BCUT2D eigenvalue weighted by Crippen LogP contribution is -2.37. The van der Waals surface area contributed by atoms with Crippen LogP contribution in [-0.2, 0) is 17.6 Å². The third kappa shape index (κ3) is 3.78. The largest absolute Gasteiger partial charge is 0.353 e. The molecule has 2 aliphatic heterocycles. The molecule has 3 aliphatic rings. The van der Waals surface area contributed by atoms with E-state index in [1.54, 1.807) is 0 Å². The number of urea groups is 1. The fourth-order valence-corrected chi connectivity index (χ4v) is 5.78. The second-order valence-corrected chi connectivity index (χ2v) is 8.58. The normalized spacial score (nSPS) is 27.5. The third-order valence-electron chi connectivity index (χ3n) is 5.50. The molecule has 25 heavy (non-hydrogen) atoms. The molecule has 2 fully saturated rings. The third-order valence-corrected chi connectivity index (χ3v) is 7.01. The molecule has 3 N–H and O–H groups in total. The van der Waals surface area contributed by atoms with Crippen LogP contribution in [-0.4, -0.2) is 41.1 Å². The van der Waals surface area contributed by atoms with Crippen LogP contribution in [0.25, 0.3) is 0 Å². The minimum Gasteiger partial charge on any atom is -0.353 e. The average Bonchev–Trinajstić information content (AvgIpc) is 3.25. The monoisotopic (exact) mass is 359 g/mol. The van der Waals surface area contributed by atoms with Crippen LogP contribution in [0.5, 0.6) is 0 Å². The van der Waals surface area contributed by atoms with Crippen molar-refractivity contribution < 1.29 is 9.59 Å². The van der Waals surface area contributed by atoms with E-state index < -0.39 is 0 Å². The number of carbonyl (C=O) groups excluding carboxylic acids is 2. The highest BCUT2D eigenvalue weighted by atomic mass is 32.2. The standard InChI is InChI=1S/C19H25N3O2S/c23-17(20-14-9-12-5-1-2-6-13(12)10-14)8-4-3-7-16-18-15(11-25-16)21-19(24)22-18/h1-2,5-6,14-16,18H,3-4,7-11H2,(H,20,23)(H2,21,22,24). The van der Waals surface area contributed by atoms with Gasteiger partial charge in [-0.3, -0.25) is 4.79 Å². The summed E-state index contributed by atoms with van der Waals surface area (Å²) in [5, 5.41) is 9.66. The topological polar surface area (TPSA) is 70.2 Å². The van der Waals surface area contributed by atoms with Crippen molar-refractivity contribution in [3.63, 3.8) is 0 Å². The Morgan fingerprint density at radius 2 is 1.92 bits per heavy atom. The lowest BCUT2D eigenvalue weighted by molar-refractivity contribution is -0.121. The van der Waals surface area contributed by atoms with E-state index in [2.05, 4.69) is 40.2 Å². The summed E-state index contributed by atoms with van der Waals surface area (Å²) in [6.07, 6.45) is 5.53. The molecule has 4 rings (SSSR count). The number of hydrogen-bond donors (Lipinski definition) is 3. The maximum atomic E-state index is 12.2. The van der Waals surface area contributed by atoms with Gasteiger partial charge < -0.3 is 16.0 Å². The Balaban J connectivity index is 1.14. The van der Waals surface area contributed by atoms with Crippen molar-refractivity contribution in [1.29, 1.82) is 0 Å². The van der Waals surface area contributed by atoms with Crippen molar-refractivity contribution in [1.82, 2.24) is 16.0 Å². The van der Waals surface area contributed by atoms with Gasteiger partial charge in [-0.15, -0.1) is 0 Å². The van der Waals surface area contributed by atoms with Crippen molar-refractivity contribution in [2.75, 3.05) is 5.75 Å². The van der Waals surface area contributed by atoms with Gasteiger partial charge in [0.15, 0.2) is 0 Å². The lowest BCUT2D eigenvalue weighted by Gasteiger charge is -2.16. The summed E-state index contributed by atoms with van der Waals surface area (Å²) in [6, 6.07) is 9.23. The van der Waals surface area contributed by atoms with Crippen molar-refractivity contribution in [2.45, 2.75) is 61.9 Å². The molecule has 0 aromatic heterocycles. The highest BCUT2D eigenvalue weighted by Gasteiger charge is 2.42. The summed E-state index contributed by atoms with van der Waals surface area (Å²) < 4.78 is 0. The van der Waals surface area contributed by atoms with Crippen LogP contribution in [0.1, 0.15) is 36.8 Å². The van der Waals surface area contributed by atoms with Gasteiger partial charge in [-0.05, 0) is 36.8 Å². The van der Waals surface area contributed by atoms with Gasteiger partial charge in [0.1, 0.15) is 0 Å². The second-order valence-electron chi connectivity index (χ2n) is 7.31. The smallest absolute Gasteiger partial charge is 0.315 e. The molecule has 1 aromatic carbocycles. The van der Waals surface area contributed by atoms with Crippen LogP contribution >= 0.6 is 11.8 Å². The first-order chi connectivity index (χ1) is 12.2. The number of carbonyl (C=O) groups is 2. The van der Waals surface area contributed by atoms with Crippen LogP contribution in [0.3, 0.4) is 0 Å². The van der Waals surface area contributed by atoms with E-state index >= 15 is 0 Å². The van der Waals surface area contributed by atoms with Crippen LogP contribution < -0.4 is 16.0 Å². The first-order valence-corrected chi connectivity index (χ1v) is 10.3. The zero-order valence-electron chi connectivity index (χ0n) is 14.3. The lowest BCUT2D eigenvalue weighted by atomic mass is 10.0. The number of amides is 3. The number of unbranched alkanes of at least 4 members (excludes halogenated alkanes) is 1. The Morgan fingerprint density at radius 1 is 1.16 bits per heavy atom. The second kappa shape index (κ2) is 7.28. The van der Waals surface area contributed by atoms with E-state index in [4.69, 9.17) is 0 Å². The molecule has 1 aromatic rings. The quantitative estimate of drug-likeness (QED) is 0.537. The molecule has 5 nitrogen and oxygen atoms in total. The minimum atomic E-state index is -0.0303. The van der Waals surface area contributed by atoms with Crippen LogP contribution in [0.2, 0.25) is 0 Å². The van der Waals surface area contributed by atoms with Crippen molar-refractivity contribution in [2.24, 2.45) is 0 Å². The summed E-state index contributed by atoms with van der Waals surface area (Å²) in [5.41, 5.74) is 2.74. The number of benzene rings is 1. The van der Waals surface area contributed by atoms with Crippen molar-refractivity contribution in [3.8, 4) is 0 Å². The predicted molar refractivity (Wildman–Crippen MR) is 99.7 cm³/mol. The summed E-state index contributed by atoms with van der Waals surface area (Å²) in [5.74, 6) is 1.17. The van der Waals surface area contributed by atoms with Crippen molar-refractivity contribution >= 4 is 23.7 Å². The summed E-state index contributed by atoms with van der Waals surface area (Å²) in [6.45, 7) is 0. The average molecular weight is 359 g/mol. The van der Waals surface area contributed by atoms with E-state index in [0.717, 1.165) is 37.9 Å². The number of hydrogen-bond acceptors (Lipinski definition) is 3. The SMILES string of the molecule is O=C(CCCCC1SCC2NC(=O)NC21)NC1Cc2ccccc2C1. The fraction of sp³-hybridized carbons (Fsp3) is 0.579. The Hall–Kier alpha value is -1.69. The van der Waals surface area contributed by atoms with Gasteiger partial charge in [-0.2, -0.15) is 11.8 Å². The molecule has 0 spiro atoms. The van der Waals surface area contributed by atoms with Crippen LogP contribution in [0, 0.1) is 0 Å². The molecule has 1 aliphatic carbocycles. The highest BCUT2D eigenvalue weighted by Crippen LogP contribution is 2.33. The van der Waals surface area contributed by atoms with Crippen LogP contribution in [0.4, 0.5) is 4.79 Å². The van der Waals surface area contributed by atoms with Gasteiger partial charge in [0.05, 0.1) is 12.1 Å². The molecule has 2 heterocycles. The zero-order chi connectivity index (χ0) is 17.2. The maximum Gasteiger partial charge on any atom is 0.315 e. The molecule has 3 unspecified atom stereocenters. The van der Waals surface area contributed by atoms with E-state index in [9.17, 15) is 9.59 Å². The van der Waals surface area contributed by atoms with Crippen molar-refractivity contribution in [3.05, 3.63) is 35.4 Å². The Bertz CT molecular complexity index is 641. The van der Waals surface area contributed by atoms with E-state index in [-0.39, 0.29) is 30.1 Å². The van der Waals surface area contributed by atoms with E-state index in [0.29, 0.717) is 11.7 Å². The van der Waals surface area contributed by atoms with E-state index in [1.165, 1.54) is 11.1 Å². The van der Waals surface area contributed by atoms with Gasteiger partial charge in [0.2, 0.25) is 5.91 Å². The Morgan fingerprint density at radius 3 is 2.68 bits per heavy atom. The molecule has 6 heteroatoms. The van der Waals surface area contributed by atoms with Gasteiger partial charge in [0.25, 0.3) is 0 Å². The molecule has 134 valence electrons. The first kappa shape index (κ1) is 16.8. The Labute approximate surface area is 152 Å². The fourth-order valence-electron chi connectivity index (χ4n) is 4.23. The molecule has 0 saturated carbocycles. The molecular formula is C19H25N3O2S. The first-order valence-electron chi connectivity index (χ1n) is 9.24. The number of nitrogens with one attached hydrogen (secondary N) is 3. The zero-order valence-corrected chi connectivity index (χ0v) is 15.1. The number of fused-ring (bicyclic) bond motifs is 2.